The molecule has 0 atom stereocenters. The smallest absolute Gasteiger partial charge is 0.263 e. The van der Waals surface area contributed by atoms with Crippen LogP contribution in [0.1, 0.15) is 61.3 Å². The number of benzene rings is 1. The third kappa shape index (κ3) is 3.30. The quantitative estimate of drug-likeness (QED) is 0.258. The first-order valence-corrected chi connectivity index (χ1v) is 11.1. The Morgan fingerprint density at radius 2 is 1.16 bits per heavy atom. The number of imide groups is 1. The maximum Gasteiger partial charge on any atom is 0.263 e. The van der Waals surface area contributed by atoms with E-state index in [2.05, 4.69) is 96.7 Å². The van der Waals surface area contributed by atoms with E-state index in [0.29, 0.717) is 29.0 Å². The highest BCUT2D eigenvalue weighted by molar-refractivity contribution is 9.15. The van der Waals surface area contributed by atoms with E-state index in [1.54, 1.807) is 0 Å². The van der Waals surface area contributed by atoms with Gasteiger partial charge in [-0.3, -0.25) is 14.5 Å². The number of hydrogen-bond donors (Lipinski definition) is 1. The molecule has 0 unspecified atom stereocenters. The molecule has 0 bridgehead atoms. The lowest BCUT2D eigenvalue weighted by Gasteiger charge is -2.48. The summed E-state index contributed by atoms with van der Waals surface area (Å²) in [6.07, 6.45) is 1.44. The van der Waals surface area contributed by atoms with Crippen LogP contribution in [0.3, 0.4) is 0 Å². The second-order valence-electron chi connectivity index (χ2n) is 7.94. The molecule has 0 saturated carbocycles. The Bertz CT molecular complexity index is 742. The number of amides is 2. The van der Waals surface area contributed by atoms with Crippen LogP contribution in [0.5, 0.6) is 0 Å². The van der Waals surface area contributed by atoms with Crippen LogP contribution in [0, 0.1) is 0 Å². The van der Waals surface area contributed by atoms with Crippen LogP contribution in [0.15, 0.2) is 17.9 Å². The summed E-state index contributed by atoms with van der Waals surface area (Å²) in [7, 11) is 0. The van der Waals surface area contributed by atoms with Gasteiger partial charge in [0.1, 0.15) is 0 Å². The summed E-state index contributed by atoms with van der Waals surface area (Å²) in [5.41, 5.74) is 0.525. The van der Waals surface area contributed by atoms with Crippen molar-refractivity contribution < 1.29 is 9.59 Å². The zero-order chi connectivity index (χ0) is 18.9. The number of fused-ring (bicyclic) bond motifs is 1. The molecule has 25 heavy (non-hydrogen) atoms. The van der Waals surface area contributed by atoms with Gasteiger partial charge >= 0.3 is 0 Å². The van der Waals surface area contributed by atoms with Crippen LogP contribution < -0.4 is 5.32 Å². The SMILES string of the molecule is CC1(C)CC(N2C(=O)c3c(Br)c(Br)c(Br)c(Br)c3C2=O)CC(C)(C)N1. The molecule has 4 nitrogen and oxygen atoms in total. The standard InChI is InChI=1S/C17H18Br4N2O2/c1-16(2)5-7(6-17(3,4)22-16)23-14(24)8-9(15(23)25)11(19)13(21)12(20)10(8)18/h7,22H,5-6H2,1-4H3. The molecule has 0 radical (unpaired) electrons. The lowest BCUT2D eigenvalue weighted by Crippen LogP contribution is -2.62. The van der Waals surface area contributed by atoms with Gasteiger partial charge in [-0.05, 0) is 104 Å². The molecule has 0 aliphatic carbocycles. The Morgan fingerprint density at radius 1 is 0.800 bits per heavy atom. The Labute approximate surface area is 181 Å². The van der Waals surface area contributed by atoms with Crippen molar-refractivity contribution in [3.05, 3.63) is 29.0 Å². The normalized spacial score (nSPS) is 22.5. The minimum atomic E-state index is -0.237. The van der Waals surface area contributed by atoms with Crippen molar-refractivity contribution in [2.75, 3.05) is 0 Å². The number of halogens is 4. The highest BCUT2D eigenvalue weighted by atomic mass is 79.9. The molecule has 2 amide bonds. The molecular weight excluding hydrogens is 584 g/mol. The van der Waals surface area contributed by atoms with E-state index < -0.39 is 0 Å². The predicted molar refractivity (Wildman–Crippen MR) is 112 cm³/mol. The second-order valence-corrected chi connectivity index (χ2v) is 11.1. The van der Waals surface area contributed by atoms with Gasteiger partial charge in [0.15, 0.2) is 0 Å². The van der Waals surface area contributed by atoms with Gasteiger partial charge in [-0.1, -0.05) is 0 Å². The number of hydrogen-bond acceptors (Lipinski definition) is 3. The summed E-state index contributed by atoms with van der Waals surface area (Å²) in [5.74, 6) is -0.474. The second kappa shape index (κ2) is 6.40. The molecule has 0 spiro atoms. The van der Waals surface area contributed by atoms with E-state index in [-0.39, 0.29) is 28.9 Å². The van der Waals surface area contributed by atoms with Crippen molar-refractivity contribution in [2.24, 2.45) is 0 Å². The zero-order valence-electron chi connectivity index (χ0n) is 14.3. The van der Waals surface area contributed by atoms with Gasteiger partial charge in [-0.15, -0.1) is 0 Å². The van der Waals surface area contributed by atoms with Gasteiger partial charge in [0.05, 0.1) is 11.1 Å². The summed E-state index contributed by atoms with van der Waals surface area (Å²) in [6, 6.07) is -0.144. The third-order valence-electron chi connectivity index (χ3n) is 4.67. The van der Waals surface area contributed by atoms with E-state index in [1.165, 1.54) is 4.90 Å². The molecule has 136 valence electrons. The molecule has 1 aromatic carbocycles. The molecule has 2 aliphatic rings. The lowest BCUT2D eigenvalue weighted by atomic mass is 9.79. The molecule has 3 rings (SSSR count). The predicted octanol–water partition coefficient (Wildman–Crippen LogP) is 5.64. The average molecular weight is 602 g/mol. The van der Waals surface area contributed by atoms with Gasteiger partial charge < -0.3 is 5.32 Å². The van der Waals surface area contributed by atoms with Crippen LogP contribution in [0.2, 0.25) is 0 Å². The first-order valence-electron chi connectivity index (χ1n) is 7.89. The van der Waals surface area contributed by atoms with Crippen LogP contribution >= 0.6 is 63.7 Å². The third-order valence-corrected chi connectivity index (χ3v) is 9.43. The van der Waals surface area contributed by atoms with Crippen LogP contribution in [0.4, 0.5) is 0 Å². The van der Waals surface area contributed by atoms with Crippen LogP contribution in [-0.4, -0.2) is 33.8 Å². The van der Waals surface area contributed by atoms with E-state index in [4.69, 9.17) is 0 Å². The first-order chi connectivity index (χ1) is 11.4. The fraction of sp³-hybridized carbons (Fsp3) is 0.529. The molecule has 1 N–H and O–H groups in total. The highest BCUT2D eigenvalue weighted by Gasteiger charge is 2.48. The van der Waals surface area contributed by atoms with E-state index in [9.17, 15) is 9.59 Å². The monoisotopic (exact) mass is 598 g/mol. The molecule has 1 fully saturated rings. The number of carbonyl (C=O) groups excluding carboxylic acids is 2. The van der Waals surface area contributed by atoms with Gasteiger partial charge in [0.2, 0.25) is 0 Å². The van der Waals surface area contributed by atoms with Crippen molar-refractivity contribution in [2.45, 2.75) is 57.7 Å². The molecule has 1 saturated heterocycles. The van der Waals surface area contributed by atoms with Gasteiger partial charge in [-0.25, -0.2) is 0 Å². The van der Waals surface area contributed by atoms with Crippen molar-refractivity contribution in [3.8, 4) is 0 Å². The van der Waals surface area contributed by atoms with E-state index in [1.807, 2.05) is 0 Å². The Morgan fingerprint density at radius 3 is 1.52 bits per heavy atom. The largest absolute Gasteiger partial charge is 0.307 e. The Balaban J connectivity index is 2.09. The van der Waals surface area contributed by atoms with Gasteiger partial charge in [0.25, 0.3) is 11.8 Å². The summed E-state index contributed by atoms with van der Waals surface area (Å²) in [5, 5.41) is 3.59. The number of carbonyl (C=O) groups is 2. The Hall–Kier alpha value is 0.240. The molecule has 0 aromatic heterocycles. The minimum absolute atomic E-state index is 0.144. The summed E-state index contributed by atoms with van der Waals surface area (Å²) in [4.78, 5) is 27.8. The first kappa shape index (κ1) is 20.0. The van der Waals surface area contributed by atoms with Crippen LogP contribution in [-0.2, 0) is 0 Å². The number of nitrogens with one attached hydrogen (secondary N) is 1. The fourth-order valence-electron chi connectivity index (χ4n) is 4.15. The van der Waals surface area contributed by atoms with Crippen molar-refractivity contribution in [1.29, 1.82) is 0 Å². The van der Waals surface area contributed by atoms with Gasteiger partial charge in [0, 0.05) is 35.0 Å². The molecule has 2 heterocycles. The van der Waals surface area contributed by atoms with E-state index >= 15 is 0 Å². The fourth-order valence-corrected chi connectivity index (χ4v) is 6.61. The highest BCUT2D eigenvalue weighted by Crippen LogP contribution is 2.46. The summed E-state index contributed by atoms with van der Waals surface area (Å²) < 4.78 is 2.64. The molecule has 2 aliphatic heterocycles. The summed E-state index contributed by atoms with van der Waals surface area (Å²) >= 11 is 13.9. The average Bonchev–Trinajstić information content (AvgIpc) is 2.71. The van der Waals surface area contributed by atoms with Gasteiger partial charge in [-0.2, -0.15) is 0 Å². The molecular formula is C17H18Br4N2O2. The maximum atomic E-state index is 13.2. The lowest BCUT2D eigenvalue weighted by molar-refractivity contribution is 0.0412. The molecule has 1 aromatic rings. The van der Waals surface area contributed by atoms with E-state index in [0.717, 1.165) is 12.8 Å². The maximum absolute atomic E-state index is 13.2. The summed E-state index contributed by atoms with van der Waals surface area (Å²) in [6.45, 7) is 8.44. The van der Waals surface area contributed by atoms with Crippen molar-refractivity contribution >= 4 is 75.5 Å². The molecule has 8 heteroatoms. The Kier molecular flexibility index (Phi) is 5.11. The number of piperidine rings is 1. The van der Waals surface area contributed by atoms with Crippen LogP contribution in [0.25, 0.3) is 0 Å². The van der Waals surface area contributed by atoms with Crippen molar-refractivity contribution in [1.82, 2.24) is 10.2 Å². The number of nitrogens with zero attached hydrogens (tertiary/aromatic N) is 1. The number of rotatable bonds is 1. The van der Waals surface area contributed by atoms with Crippen molar-refractivity contribution in [3.63, 3.8) is 0 Å². The zero-order valence-corrected chi connectivity index (χ0v) is 20.6. The topological polar surface area (TPSA) is 49.4 Å². The minimum Gasteiger partial charge on any atom is -0.307 e.